The van der Waals surface area contributed by atoms with Gasteiger partial charge in [-0.25, -0.2) is 14.5 Å². The van der Waals surface area contributed by atoms with Crippen LogP contribution in [0.3, 0.4) is 0 Å². The summed E-state index contributed by atoms with van der Waals surface area (Å²) in [5.41, 5.74) is 1.71. The number of carbonyl (C=O) groups excluding carboxylic acids is 5. The van der Waals surface area contributed by atoms with Crippen molar-refractivity contribution in [2.45, 2.75) is 36.6 Å². The lowest BCUT2D eigenvalue weighted by molar-refractivity contribution is -0.122. The molecule has 2 unspecified atom stereocenters. The third kappa shape index (κ3) is 6.51. The fourth-order valence-electron chi connectivity index (χ4n) is 5.81. The first-order valence-corrected chi connectivity index (χ1v) is 17.5. The maximum atomic E-state index is 14.2. The molecule has 0 aliphatic carbocycles. The van der Waals surface area contributed by atoms with Crippen LogP contribution >= 0.6 is 46.3 Å². The molecule has 3 amide bonds. The molecule has 2 aliphatic heterocycles. The zero-order valence-electron chi connectivity index (χ0n) is 25.9. The van der Waals surface area contributed by atoms with E-state index in [0.29, 0.717) is 26.7 Å². The Morgan fingerprint density at radius 3 is 2.06 bits per heavy atom. The predicted molar refractivity (Wildman–Crippen MR) is 186 cm³/mol. The number of thioether (sulfide) groups is 1. The zero-order valence-corrected chi connectivity index (χ0v) is 29.1. The van der Waals surface area contributed by atoms with E-state index in [1.165, 1.54) is 41.0 Å². The number of nitrogens with one attached hydrogen (secondary N) is 1. The quantitative estimate of drug-likeness (QED) is 0.162. The number of imide groups is 1. The van der Waals surface area contributed by atoms with Crippen LogP contribution in [0.15, 0.2) is 76.6 Å². The molecule has 3 aromatic carbocycles. The van der Waals surface area contributed by atoms with Crippen molar-refractivity contribution in [1.82, 2.24) is 4.57 Å². The summed E-state index contributed by atoms with van der Waals surface area (Å²) in [7, 11) is 0. The van der Waals surface area contributed by atoms with Crippen LogP contribution in [0.1, 0.15) is 50.9 Å². The van der Waals surface area contributed by atoms with Gasteiger partial charge in [0.2, 0.25) is 17.7 Å². The number of thiazole rings is 1. The number of rotatable bonds is 9. The molecular formula is C34H27Cl2N3O8S2. The predicted octanol–water partition coefficient (Wildman–Crippen LogP) is 6.00. The molecule has 4 aromatic rings. The van der Waals surface area contributed by atoms with Gasteiger partial charge in [0.05, 0.1) is 51.0 Å². The maximum Gasteiger partial charge on any atom is 0.338 e. The van der Waals surface area contributed by atoms with E-state index in [9.17, 15) is 28.8 Å². The summed E-state index contributed by atoms with van der Waals surface area (Å²) in [6, 6.07) is 17.0. The monoisotopic (exact) mass is 739 g/mol. The first-order valence-electron chi connectivity index (χ1n) is 15.1. The van der Waals surface area contributed by atoms with Gasteiger partial charge in [0.25, 0.3) is 0 Å². The molecule has 0 radical (unpaired) electrons. The molecule has 11 nitrogen and oxygen atoms in total. The van der Waals surface area contributed by atoms with E-state index in [1.807, 2.05) is 0 Å². The Kier molecular flexibility index (Phi) is 9.98. The summed E-state index contributed by atoms with van der Waals surface area (Å²) in [6.07, 6.45) is 0. The fourth-order valence-corrected chi connectivity index (χ4v) is 9.00. The molecule has 6 rings (SSSR count). The maximum absolute atomic E-state index is 14.2. The number of esters is 2. The standard InChI is InChI=1S/C34H27Cl2N3O8S2/c1-3-46-32(43)17-8-12-19(13-9-17)37-23(40)16-38-31-28(49-34(38)45)24(21-6-5-7-22(35)26(21)36)25-27(48-31)30(42)39(29(25)41)20-14-10-18(11-15-20)33(44)47-4-2/h5-15,24-25,27H,3-4,16H2,1-2H3,(H,37,40)/t24-,25?,27?/m1/s1. The molecule has 2 aliphatic rings. The Morgan fingerprint density at radius 2 is 1.45 bits per heavy atom. The molecule has 49 heavy (non-hydrogen) atoms. The molecule has 0 bridgehead atoms. The number of anilines is 2. The van der Waals surface area contributed by atoms with Gasteiger partial charge in [-0.05, 0) is 74.0 Å². The number of fused-ring (bicyclic) bond motifs is 2. The number of amides is 3. The number of halogens is 2. The molecule has 1 N–H and O–H groups in total. The van der Waals surface area contributed by atoms with Gasteiger partial charge in [-0.1, -0.05) is 58.4 Å². The van der Waals surface area contributed by atoms with E-state index < -0.39 is 51.6 Å². The Morgan fingerprint density at radius 1 is 0.837 bits per heavy atom. The van der Waals surface area contributed by atoms with E-state index in [0.717, 1.165) is 28.0 Å². The van der Waals surface area contributed by atoms with E-state index in [-0.39, 0.29) is 41.1 Å². The third-order valence-electron chi connectivity index (χ3n) is 7.98. The highest BCUT2D eigenvalue weighted by molar-refractivity contribution is 8.00. The van der Waals surface area contributed by atoms with Crippen molar-refractivity contribution in [1.29, 1.82) is 0 Å². The number of hydrogen-bond donors (Lipinski definition) is 1. The Bertz CT molecular complexity index is 2050. The van der Waals surface area contributed by atoms with E-state index in [4.69, 9.17) is 32.7 Å². The van der Waals surface area contributed by atoms with Gasteiger partial charge in [-0.2, -0.15) is 0 Å². The zero-order chi connectivity index (χ0) is 35.0. The van der Waals surface area contributed by atoms with Gasteiger partial charge < -0.3 is 14.8 Å². The highest BCUT2D eigenvalue weighted by Gasteiger charge is 2.57. The van der Waals surface area contributed by atoms with Gasteiger partial charge in [-0.15, -0.1) is 0 Å². The first kappa shape index (κ1) is 34.4. The minimum absolute atomic E-state index is 0.180. The number of carbonyl (C=O) groups is 5. The molecule has 3 atom stereocenters. The second kappa shape index (κ2) is 14.2. The summed E-state index contributed by atoms with van der Waals surface area (Å²) in [6.45, 7) is 3.42. The topological polar surface area (TPSA) is 141 Å². The van der Waals surface area contributed by atoms with Crippen molar-refractivity contribution in [3.8, 4) is 0 Å². The molecule has 252 valence electrons. The highest BCUT2D eigenvalue weighted by atomic mass is 35.5. The summed E-state index contributed by atoms with van der Waals surface area (Å²) in [5.74, 6) is -4.36. The van der Waals surface area contributed by atoms with Crippen molar-refractivity contribution in [3.05, 3.63) is 108 Å². The van der Waals surface area contributed by atoms with Crippen LogP contribution in [0.4, 0.5) is 11.4 Å². The number of aromatic nitrogens is 1. The fraction of sp³-hybridized carbons (Fsp3) is 0.235. The normalized spacial score (nSPS) is 18.1. The summed E-state index contributed by atoms with van der Waals surface area (Å²) < 4.78 is 11.3. The van der Waals surface area contributed by atoms with Crippen LogP contribution in [0, 0.1) is 5.92 Å². The van der Waals surface area contributed by atoms with Crippen molar-refractivity contribution in [2.75, 3.05) is 23.4 Å². The molecule has 0 spiro atoms. The third-order valence-corrected chi connectivity index (χ3v) is 11.4. The van der Waals surface area contributed by atoms with Crippen LogP contribution in [0.2, 0.25) is 10.0 Å². The lowest BCUT2D eigenvalue weighted by Crippen LogP contribution is -2.33. The average Bonchev–Trinajstić information content (AvgIpc) is 3.53. The van der Waals surface area contributed by atoms with E-state index >= 15 is 0 Å². The minimum atomic E-state index is -0.969. The van der Waals surface area contributed by atoms with Crippen molar-refractivity contribution < 1.29 is 33.4 Å². The van der Waals surface area contributed by atoms with Crippen LogP contribution in [0.5, 0.6) is 0 Å². The lowest BCUT2D eigenvalue weighted by atomic mass is 9.83. The lowest BCUT2D eigenvalue weighted by Gasteiger charge is -2.31. The number of benzene rings is 3. The molecule has 1 aromatic heterocycles. The number of ether oxygens (including phenoxy) is 2. The average molecular weight is 741 g/mol. The van der Waals surface area contributed by atoms with Crippen molar-refractivity contribution in [3.63, 3.8) is 0 Å². The molecule has 1 fully saturated rings. The largest absolute Gasteiger partial charge is 0.462 e. The second-order valence-corrected chi connectivity index (χ2v) is 13.8. The number of hydrogen-bond acceptors (Lipinski definition) is 10. The highest BCUT2D eigenvalue weighted by Crippen LogP contribution is 2.55. The van der Waals surface area contributed by atoms with Gasteiger partial charge in [0, 0.05) is 16.5 Å². The van der Waals surface area contributed by atoms with E-state index in [2.05, 4.69) is 5.32 Å². The number of nitrogens with zero attached hydrogens (tertiary/aromatic N) is 2. The Labute approximate surface area is 298 Å². The van der Waals surface area contributed by atoms with Gasteiger partial charge in [0.1, 0.15) is 11.8 Å². The molecule has 15 heteroatoms. The summed E-state index contributed by atoms with van der Waals surface area (Å²) in [5, 5.41) is 2.54. The smallest absolute Gasteiger partial charge is 0.338 e. The Hall–Kier alpha value is -4.43. The summed E-state index contributed by atoms with van der Waals surface area (Å²) in [4.78, 5) is 80.2. The van der Waals surface area contributed by atoms with Gasteiger partial charge >= 0.3 is 16.8 Å². The van der Waals surface area contributed by atoms with Crippen molar-refractivity contribution >= 4 is 87.3 Å². The van der Waals surface area contributed by atoms with Crippen molar-refractivity contribution in [2.24, 2.45) is 5.92 Å². The van der Waals surface area contributed by atoms with E-state index in [1.54, 1.807) is 44.2 Å². The van der Waals surface area contributed by atoms with Crippen LogP contribution < -0.4 is 15.1 Å². The van der Waals surface area contributed by atoms with Gasteiger partial charge in [-0.3, -0.25) is 23.7 Å². The molecular weight excluding hydrogens is 713 g/mol. The minimum Gasteiger partial charge on any atom is -0.462 e. The SMILES string of the molecule is CCOC(=O)c1ccc(NC(=O)Cn2c3c(sc2=O)[C@H](c2cccc(Cl)c2Cl)C2C(=O)N(c4ccc(C(=O)OCC)cc4)C(=O)C2S3)cc1. The summed E-state index contributed by atoms with van der Waals surface area (Å²) >= 11 is 15.0. The van der Waals surface area contributed by atoms with Crippen LogP contribution in [-0.2, 0) is 30.4 Å². The molecule has 0 saturated carbocycles. The van der Waals surface area contributed by atoms with Gasteiger partial charge in [0.15, 0.2) is 0 Å². The Balaban J connectivity index is 1.34. The van der Waals surface area contributed by atoms with Crippen LogP contribution in [0.25, 0.3) is 0 Å². The molecule has 3 heterocycles. The second-order valence-electron chi connectivity index (χ2n) is 10.9. The van der Waals surface area contributed by atoms with Crippen LogP contribution in [-0.4, -0.2) is 52.7 Å². The first-order chi connectivity index (χ1) is 23.5. The molecule has 1 saturated heterocycles.